The van der Waals surface area contributed by atoms with E-state index in [-0.39, 0.29) is 41.5 Å². The summed E-state index contributed by atoms with van der Waals surface area (Å²) in [5, 5.41) is 3.23. The molecular weight excluding hydrogens is 372 g/mol. The average Bonchev–Trinajstić information content (AvgIpc) is 2.81. The number of piperidine rings is 1. The molecule has 0 aliphatic carbocycles. The number of thioether (sulfide) groups is 1. The maximum Gasteiger partial charge on any atom is 0.446 e. The second-order valence-corrected chi connectivity index (χ2v) is 6.36. The van der Waals surface area contributed by atoms with Crippen molar-refractivity contribution in [3.05, 3.63) is 24.0 Å². The highest BCUT2D eigenvalue weighted by atomic mass is 35.5. The Morgan fingerprint density at radius 2 is 1.83 bits per heavy atom. The first-order valence-electron chi connectivity index (χ1n) is 6.61. The third kappa shape index (κ3) is 4.67. The van der Waals surface area contributed by atoms with Crippen molar-refractivity contribution < 1.29 is 13.2 Å². The van der Waals surface area contributed by atoms with Gasteiger partial charge in [0.15, 0.2) is 0 Å². The number of H-pyrrole nitrogens is 1. The summed E-state index contributed by atoms with van der Waals surface area (Å²) in [7, 11) is 0. The summed E-state index contributed by atoms with van der Waals surface area (Å²) in [5.41, 5.74) is 2.75. The molecule has 0 saturated carbocycles. The minimum Gasteiger partial charge on any atom is -0.340 e. The lowest BCUT2D eigenvalue weighted by molar-refractivity contribution is -0.0328. The van der Waals surface area contributed by atoms with Gasteiger partial charge in [0.1, 0.15) is 5.82 Å². The zero-order valence-corrected chi connectivity index (χ0v) is 14.4. The first-order valence-corrected chi connectivity index (χ1v) is 7.43. The normalized spacial score (nSPS) is 17.4. The standard InChI is InChI=1S/C13H15F3N4S.2ClH/c14-13(15,16)21-8-1-2-9-10(7-8)20-11(19-9)12(17)3-5-18-6-4-12;;/h1-2,7,18H,3-6,17H2,(H,19,20);2*1H. The zero-order valence-electron chi connectivity index (χ0n) is 11.9. The molecule has 0 atom stereocenters. The van der Waals surface area contributed by atoms with Crippen molar-refractivity contribution in [1.29, 1.82) is 0 Å². The molecule has 4 nitrogen and oxygen atoms in total. The van der Waals surface area contributed by atoms with Crippen molar-refractivity contribution in [1.82, 2.24) is 15.3 Å². The van der Waals surface area contributed by atoms with E-state index < -0.39 is 11.0 Å². The molecule has 0 spiro atoms. The molecule has 0 unspecified atom stereocenters. The zero-order chi connectivity index (χ0) is 15.1. The second-order valence-electron chi connectivity index (χ2n) is 5.22. The summed E-state index contributed by atoms with van der Waals surface area (Å²) in [6, 6.07) is 4.50. The van der Waals surface area contributed by atoms with Gasteiger partial charge in [-0.3, -0.25) is 0 Å². The van der Waals surface area contributed by atoms with Crippen LogP contribution < -0.4 is 11.1 Å². The molecule has 0 amide bonds. The van der Waals surface area contributed by atoms with E-state index in [1.54, 1.807) is 6.07 Å². The molecule has 3 rings (SSSR count). The average molecular weight is 389 g/mol. The number of aromatic amines is 1. The molecule has 1 fully saturated rings. The largest absolute Gasteiger partial charge is 0.446 e. The third-order valence-corrected chi connectivity index (χ3v) is 4.38. The van der Waals surface area contributed by atoms with Gasteiger partial charge in [-0.2, -0.15) is 13.2 Å². The lowest BCUT2D eigenvalue weighted by atomic mass is 9.89. The Balaban J connectivity index is 0.00000132. The summed E-state index contributed by atoms with van der Waals surface area (Å²) < 4.78 is 37.2. The smallest absolute Gasteiger partial charge is 0.340 e. The SMILES string of the molecule is Cl.Cl.NC1(c2nc3cc(SC(F)(F)F)ccc3[nH]2)CCNCC1. The molecule has 0 bridgehead atoms. The molecule has 4 N–H and O–H groups in total. The van der Waals surface area contributed by atoms with Crippen LogP contribution in [0.3, 0.4) is 0 Å². The molecule has 2 aromatic rings. The highest BCUT2D eigenvalue weighted by Gasteiger charge is 2.33. The molecule has 1 aromatic heterocycles. The number of nitrogens with one attached hydrogen (secondary N) is 2. The minimum absolute atomic E-state index is 0. The van der Waals surface area contributed by atoms with Crippen LogP contribution in [0.2, 0.25) is 0 Å². The molecular formula is C13H17Cl2F3N4S. The molecule has 1 aromatic carbocycles. The highest BCUT2D eigenvalue weighted by Crippen LogP contribution is 2.38. The van der Waals surface area contributed by atoms with Crippen LogP contribution in [0.15, 0.2) is 23.1 Å². The number of hydrogen-bond acceptors (Lipinski definition) is 4. The van der Waals surface area contributed by atoms with Crippen LogP contribution in [0.1, 0.15) is 18.7 Å². The summed E-state index contributed by atoms with van der Waals surface area (Å²) in [4.78, 5) is 7.68. The Bertz CT molecular complexity index is 656. The van der Waals surface area contributed by atoms with Gasteiger partial charge >= 0.3 is 5.51 Å². The van der Waals surface area contributed by atoms with E-state index >= 15 is 0 Å². The third-order valence-electron chi connectivity index (χ3n) is 3.66. The lowest BCUT2D eigenvalue weighted by Crippen LogP contribution is -2.47. The number of imidazole rings is 1. The fourth-order valence-corrected chi connectivity index (χ4v) is 3.10. The Morgan fingerprint density at radius 3 is 2.43 bits per heavy atom. The van der Waals surface area contributed by atoms with Gasteiger partial charge in [0.2, 0.25) is 0 Å². The Hall–Kier alpha value is -0.670. The van der Waals surface area contributed by atoms with E-state index in [9.17, 15) is 13.2 Å². The number of fused-ring (bicyclic) bond motifs is 1. The van der Waals surface area contributed by atoms with Gasteiger partial charge in [0.05, 0.1) is 16.6 Å². The van der Waals surface area contributed by atoms with Gasteiger partial charge in [-0.25, -0.2) is 4.98 Å². The van der Waals surface area contributed by atoms with E-state index in [1.165, 1.54) is 12.1 Å². The van der Waals surface area contributed by atoms with Crippen molar-refractivity contribution in [2.45, 2.75) is 28.8 Å². The van der Waals surface area contributed by atoms with Crippen LogP contribution in [-0.4, -0.2) is 28.6 Å². The minimum atomic E-state index is -4.29. The molecule has 1 aliphatic rings. The van der Waals surface area contributed by atoms with E-state index in [2.05, 4.69) is 15.3 Å². The van der Waals surface area contributed by atoms with E-state index in [1.807, 2.05) is 0 Å². The van der Waals surface area contributed by atoms with Gasteiger partial charge in [0.25, 0.3) is 0 Å². The quantitative estimate of drug-likeness (QED) is 0.688. The van der Waals surface area contributed by atoms with Crippen molar-refractivity contribution in [2.24, 2.45) is 5.73 Å². The molecule has 10 heteroatoms. The predicted octanol–water partition coefficient (Wildman–Crippen LogP) is 3.56. The topological polar surface area (TPSA) is 66.7 Å². The number of benzene rings is 1. The Labute approximate surface area is 148 Å². The fourth-order valence-electron chi connectivity index (χ4n) is 2.53. The van der Waals surface area contributed by atoms with Crippen LogP contribution in [-0.2, 0) is 5.54 Å². The first-order chi connectivity index (χ1) is 9.86. The van der Waals surface area contributed by atoms with Crippen LogP contribution in [0.5, 0.6) is 0 Å². The van der Waals surface area contributed by atoms with Crippen molar-refractivity contribution in [2.75, 3.05) is 13.1 Å². The second kappa shape index (κ2) is 7.48. The molecule has 1 saturated heterocycles. The van der Waals surface area contributed by atoms with Crippen LogP contribution in [0.25, 0.3) is 11.0 Å². The number of alkyl halides is 3. The highest BCUT2D eigenvalue weighted by molar-refractivity contribution is 8.00. The van der Waals surface area contributed by atoms with Crippen LogP contribution >= 0.6 is 36.6 Å². The van der Waals surface area contributed by atoms with E-state index in [4.69, 9.17) is 5.73 Å². The van der Waals surface area contributed by atoms with E-state index in [0.717, 1.165) is 25.9 Å². The monoisotopic (exact) mass is 388 g/mol. The number of aromatic nitrogens is 2. The maximum absolute atomic E-state index is 12.4. The van der Waals surface area contributed by atoms with Crippen molar-refractivity contribution in [3.8, 4) is 0 Å². The number of nitrogens with two attached hydrogens (primary N) is 1. The van der Waals surface area contributed by atoms with Gasteiger partial charge in [-0.1, -0.05) is 0 Å². The predicted molar refractivity (Wildman–Crippen MR) is 90.5 cm³/mol. The summed E-state index contributed by atoms with van der Waals surface area (Å²) in [6.45, 7) is 1.62. The fraction of sp³-hybridized carbons (Fsp3) is 0.462. The number of halogens is 5. The van der Waals surface area contributed by atoms with Crippen molar-refractivity contribution in [3.63, 3.8) is 0 Å². The first kappa shape index (κ1) is 20.4. The number of rotatable bonds is 2. The van der Waals surface area contributed by atoms with Gasteiger partial charge in [-0.15, -0.1) is 24.8 Å². The molecule has 23 heavy (non-hydrogen) atoms. The van der Waals surface area contributed by atoms with E-state index in [0.29, 0.717) is 16.9 Å². The Kier molecular flexibility index (Phi) is 6.63. The summed E-state index contributed by atoms with van der Waals surface area (Å²) in [5.74, 6) is 0.646. The molecule has 1 aliphatic heterocycles. The van der Waals surface area contributed by atoms with Crippen LogP contribution in [0.4, 0.5) is 13.2 Å². The Morgan fingerprint density at radius 1 is 1.17 bits per heavy atom. The van der Waals surface area contributed by atoms with Crippen LogP contribution in [0, 0.1) is 0 Å². The molecule has 0 radical (unpaired) electrons. The lowest BCUT2D eigenvalue weighted by Gasteiger charge is -2.31. The number of hydrogen-bond donors (Lipinski definition) is 3. The summed E-state index contributed by atoms with van der Waals surface area (Å²) in [6.07, 6.45) is 1.49. The van der Waals surface area contributed by atoms with Gasteiger partial charge in [-0.05, 0) is 55.9 Å². The number of nitrogens with zero attached hydrogens (tertiary/aromatic N) is 1. The molecule has 2 heterocycles. The van der Waals surface area contributed by atoms with Crippen molar-refractivity contribution >= 4 is 47.6 Å². The molecule has 130 valence electrons. The van der Waals surface area contributed by atoms with Gasteiger partial charge < -0.3 is 16.0 Å². The maximum atomic E-state index is 12.4. The summed E-state index contributed by atoms with van der Waals surface area (Å²) >= 11 is -0.136. The van der Waals surface area contributed by atoms with Gasteiger partial charge in [0, 0.05) is 4.90 Å².